The highest BCUT2D eigenvalue weighted by Gasteiger charge is 2.29. The van der Waals surface area contributed by atoms with Crippen molar-refractivity contribution in [1.82, 2.24) is 14.9 Å². The molecule has 0 radical (unpaired) electrons. The standard InChI is InChI=1S/C32H38N4O6S/c1-31(2,17-18-36-21-28(33-22-36)23-13-15-26(16-14-23)42-32(3,4)30(38)39)34-20-29(37)24-9-8-10-25(19-24)35-43(40,41)27-11-6-5-7-12-27/h5-16,19,21-22,29,34-35,37H,17-18,20H2,1-4H3,(H,38,39)/t29-/m1/s1. The van der Waals surface area contributed by atoms with Crippen molar-refractivity contribution in [3.8, 4) is 17.0 Å². The van der Waals surface area contributed by atoms with Crippen LogP contribution in [0.3, 0.4) is 0 Å². The fourth-order valence-corrected chi connectivity index (χ4v) is 5.34. The zero-order valence-electron chi connectivity index (χ0n) is 24.7. The average molecular weight is 607 g/mol. The average Bonchev–Trinajstić information content (AvgIpc) is 3.45. The number of aryl methyl sites for hydroxylation is 1. The van der Waals surface area contributed by atoms with Gasteiger partial charge >= 0.3 is 5.97 Å². The van der Waals surface area contributed by atoms with E-state index < -0.39 is 27.7 Å². The quantitative estimate of drug-likeness (QED) is 0.156. The van der Waals surface area contributed by atoms with Crippen LogP contribution in [0.5, 0.6) is 5.75 Å². The highest BCUT2D eigenvalue weighted by Crippen LogP contribution is 2.25. The van der Waals surface area contributed by atoms with E-state index in [1.54, 1.807) is 60.9 Å². The Hall–Kier alpha value is -4.19. The second kappa shape index (κ2) is 13.0. The number of hydrogen-bond donors (Lipinski definition) is 4. The van der Waals surface area contributed by atoms with Gasteiger partial charge in [0.15, 0.2) is 5.60 Å². The number of carboxylic acid groups (broad SMARTS) is 1. The van der Waals surface area contributed by atoms with Crippen LogP contribution in [0.2, 0.25) is 0 Å². The summed E-state index contributed by atoms with van der Waals surface area (Å²) in [6.07, 6.45) is 3.63. The summed E-state index contributed by atoms with van der Waals surface area (Å²) in [5.41, 5.74) is 1.00. The van der Waals surface area contributed by atoms with E-state index in [2.05, 4.69) is 28.9 Å². The lowest BCUT2D eigenvalue weighted by Crippen LogP contribution is -2.42. The van der Waals surface area contributed by atoms with Gasteiger partial charge in [-0.2, -0.15) is 0 Å². The zero-order valence-corrected chi connectivity index (χ0v) is 25.5. The molecule has 0 aliphatic rings. The van der Waals surface area contributed by atoms with Gasteiger partial charge < -0.3 is 24.8 Å². The van der Waals surface area contributed by atoms with Crippen molar-refractivity contribution >= 4 is 21.7 Å². The van der Waals surface area contributed by atoms with Crippen molar-refractivity contribution in [3.63, 3.8) is 0 Å². The van der Waals surface area contributed by atoms with Gasteiger partial charge in [-0.25, -0.2) is 18.2 Å². The van der Waals surface area contributed by atoms with Gasteiger partial charge in [0.05, 0.1) is 23.0 Å². The number of aromatic nitrogens is 2. The number of carboxylic acids is 1. The molecule has 11 heteroatoms. The molecule has 1 atom stereocenters. The van der Waals surface area contributed by atoms with Gasteiger partial charge in [-0.1, -0.05) is 30.3 Å². The van der Waals surface area contributed by atoms with Gasteiger partial charge in [-0.3, -0.25) is 4.72 Å². The number of imidazole rings is 1. The highest BCUT2D eigenvalue weighted by atomic mass is 32.2. The van der Waals surface area contributed by atoms with E-state index in [-0.39, 0.29) is 17.0 Å². The normalized spacial score (nSPS) is 13.0. The second-order valence-electron chi connectivity index (χ2n) is 11.5. The Kier molecular flexibility index (Phi) is 9.59. The molecule has 0 saturated heterocycles. The Morgan fingerprint density at radius 3 is 2.37 bits per heavy atom. The number of rotatable bonds is 14. The number of aliphatic hydroxyl groups is 1. The number of hydrogen-bond acceptors (Lipinski definition) is 7. The number of sulfonamides is 1. The molecular formula is C32H38N4O6S. The summed E-state index contributed by atoms with van der Waals surface area (Å²) in [7, 11) is -3.73. The third kappa shape index (κ3) is 8.66. The maximum Gasteiger partial charge on any atom is 0.347 e. The SMILES string of the molecule is CC(C)(CCn1cnc(-c2ccc(OC(C)(C)C(=O)O)cc2)c1)NC[C@@H](O)c1cccc(NS(=O)(=O)c2ccccc2)c1. The molecule has 10 nitrogen and oxygen atoms in total. The molecule has 0 aliphatic heterocycles. The first-order valence-corrected chi connectivity index (χ1v) is 15.4. The van der Waals surface area contributed by atoms with Crippen molar-refractivity contribution in [2.24, 2.45) is 0 Å². The Balaban J connectivity index is 1.29. The van der Waals surface area contributed by atoms with Gasteiger partial charge in [0.25, 0.3) is 10.0 Å². The van der Waals surface area contributed by atoms with E-state index >= 15 is 0 Å². The summed E-state index contributed by atoms with van der Waals surface area (Å²) in [5.74, 6) is -0.577. The van der Waals surface area contributed by atoms with E-state index in [0.29, 0.717) is 23.5 Å². The van der Waals surface area contributed by atoms with Crippen LogP contribution in [0.4, 0.5) is 5.69 Å². The number of aliphatic carboxylic acids is 1. The van der Waals surface area contributed by atoms with Crippen LogP contribution in [0, 0.1) is 0 Å². The molecule has 0 unspecified atom stereocenters. The summed E-state index contributed by atoms with van der Waals surface area (Å²) < 4.78 is 35.5. The molecule has 228 valence electrons. The monoisotopic (exact) mass is 606 g/mol. The highest BCUT2D eigenvalue weighted by molar-refractivity contribution is 7.92. The number of nitrogens with one attached hydrogen (secondary N) is 2. The van der Waals surface area contributed by atoms with Gasteiger partial charge in [-0.15, -0.1) is 0 Å². The van der Waals surface area contributed by atoms with Crippen LogP contribution in [0.15, 0.2) is 96.3 Å². The fourth-order valence-electron chi connectivity index (χ4n) is 4.27. The molecule has 0 amide bonds. The van der Waals surface area contributed by atoms with Crippen molar-refractivity contribution < 1.29 is 28.2 Å². The number of nitrogens with zero attached hydrogens (tertiary/aromatic N) is 2. The summed E-state index contributed by atoms with van der Waals surface area (Å²) in [4.78, 5) is 16.0. The predicted molar refractivity (Wildman–Crippen MR) is 165 cm³/mol. The third-order valence-electron chi connectivity index (χ3n) is 7.02. The van der Waals surface area contributed by atoms with Gasteiger partial charge in [-0.05, 0) is 88.2 Å². The van der Waals surface area contributed by atoms with Gasteiger partial charge in [0.2, 0.25) is 0 Å². The summed E-state index contributed by atoms with van der Waals surface area (Å²) in [5, 5.41) is 23.5. The number of benzene rings is 3. The van der Waals surface area contributed by atoms with Crippen LogP contribution in [0.1, 0.15) is 45.8 Å². The predicted octanol–water partition coefficient (Wildman–Crippen LogP) is 5.08. The first-order valence-electron chi connectivity index (χ1n) is 13.9. The maximum absolute atomic E-state index is 12.7. The fraction of sp³-hybridized carbons (Fsp3) is 0.312. The Labute approximate surface area is 252 Å². The van der Waals surface area contributed by atoms with E-state index in [1.807, 2.05) is 22.9 Å². The number of ether oxygens (including phenoxy) is 1. The van der Waals surface area contributed by atoms with Crippen LogP contribution in [-0.2, 0) is 21.4 Å². The molecule has 3 aromatic carbocycles. The molecule has 0 aliphatic carbocycles. The van der Waals surface area contributed by atoms with Crippen molar-refractivity contribution in [1.29, 1.82) is 0 Å². The summed E-state index contributed by atoms with van der Waals surface area (Å²) in [6, 6.07) is 22.0. The number of carbonyl (C=O) groups is 1. The van der Waals surface area contributed by atoms with E-state index in [1.165, 1.54) is 26.0 Å². The van der Waals surface area contributed by atoms with E-state index in [0.717, 1.165) is 17.7 Å². The van der Waals surface area contributed by atoms with Crippen molar-refractivity contribution in [2.45, 2.75) is 62.8 Å². The Morgan fingerprint density at radius 2 is 1.70 bits per heavy atom. The lowest BCUT2D eigenvalue weighted by Gasteiger charge is -2.28. The lowest BCUT2D eigenvalue weighted by molar-refractivity contribution is -0.152. The van der Waals surface area contributed by atoms with E-state index in [4.69, 9.17) is 4.74 Å². The number of anilines is 1. The molecule has 1 aromatic heterocycles. The zero-order chi connectivity index (χ0) is 31.3. The van der Waals surface area contributed by atoms with Crippen molar-refractivity contribution in [2.75, 3.05) is 11.3 Å². The topological polar surface area (TPSA) is 143 Å². The molecule has 4 aromatic rings. The molecular weight excluding hydrogens is 568 g/mol. The van der Waals surface area contributed by atoms with Crippen LogP contribution in [0.25, 0.3) is 11.3 Å². The molecule has 0 bridgehead atoms. The molecule has 1 heterocycles. The molecule has 0 spiro atoms. The Morgan fingerprint density at radius 1 is 1.00 bits per heavy atom. The summed E-state index contributed by atoms with van der Waals surface area (Å²) >= 11 is 0. The van der Waals surface area contributed by atoms with Crippen LogP contribution in [-0.4, -0.2) is 51.8 Å². The van der Waals surface area contributed by atoms with Gasteiger partial charge in [0, 0.05) is 36.1 Å². The molecule has 0 saturated carbocycles. The van der Waals surface area contributed by atoms with Crippen LogP contribution >= 0.6 is 0 Å². The smallest absolute Gasteiger partial charge is 0.347 e. The van der Waals surface area contributed by atoms with E-state index in [9.17, 15) is 23.4 Å². The lowest BCUT2D eigenvalue weighted by atomic mass is 9.99. The third-order valence-corrected chi connectivity index (χ3v) is 8.41. The Bertz CT molecular complexity index is 1630. The minimum atomic E-state index is -3.73. The largest absolute Gasteiger partial charge is 0.478 e. The number of β-amino-alcohol motifs (C(OH)–C–C–N with tert-alkyl or cyclic N) is 1. The van der Waals surface area contributed by atoms with Crippen LogP contribution < -0.4 is 14.8 Å². The molecule has 0 fully saturated rings. The molecule has 4 rings (SSSR count). The van der Waals surface area contributed by atoms with Crippen molar-refractivity contribution in [3.05, 3.63) is 97.0 Å². The summed E-state index contributed by atoms with van der Waals surface area (Å²) in [6.45, 7) is 8.08. The second-order valence-corrected chi connectivity index (χ2v) is 13.2. The molecule has 43 heavy (non-hydrogen) atoms. The first kappa shape index (κ1) is 31.7. The van der Waals surface area contributed by atoms with Gasteiger partial charge in [0.1, 0.15) is 5.75 Å². The molecule has 4 N–H and O–H groups in total. The maximum atomic E-state index is 12.7. The minimum Gasteiger partial charge on any atom is -0.478 e. The number of aliphatic hydroxyl groups excluding tert-OH is 1. The first-order chi connectivity index (χ1) is 20.2. The minimum absolute atomic E-state index is 0.166.